The fraction of sp³-hybridized carbons (Fsp3) is 0.294. The average Bonchev–Trinajstić information content (AvgIpc) is 2.50. The molecule has 22 heavy (non-hydrogen) atoms. The molecule has 0 aliphatic heterocycles. The average molecular weight is 300 g/mol. The summed E-state index contributed by atoms with van der Waals surface area (Å²) in [5, 5.41) is 0. The van der Waals surface area contributed by atoms with Crippen LogP contribution in [0.2, 0.25) is 0 Å². The van der Waals surface area contributed by atoms with Gasteiger partial charge in [-0.3, -0.25) is 9.59 Å². The second kappa shape index (κ2) is 6.46. The number of benzene rings is 1. The molecule has 114 valence electrons. The Balaban J connectivity index is 2.72. The molecule has 1 aliphatic rings. The van der Waals surface area contributed by atoms with Gasteiger partial charge in [0, 0.05) is 30.7 Å². The quantitative estimate of drug-likeness (QED) is 0.615. The van der Waals surface area contributed by atoms with Crippen LogP contribution in [0.4, 0.5) is 0 Å². The molecule has 0 spiro atoms. The van der Waals surface area contributed by atoms with Crippen LogP contribution in [0, 0.1) is 19.3 Å². The number of carbonyl (C=O) groups excluding carboxylic acids is 2. The number of aryl methyl sites for hydroxylation is 1. The van der Waals surface area contributed by atoms with E-state index < -0.39 is 5.78 Å². The van der Waals surface area contributed by atoms with E-state index in [0.29, 0.717) is 5.56 Å². The molecule has 5 nitrogen and oxygen atoms in total. The van der Waals surface area contributed by atoms with Crippen molar-refractivity contribution in [1.29, 1.82) is 0 Å². The fourth-order valence-electron chi connectivity index (χ4n) is 2.38. The minimum Gasteiger partial charge on any atom is -0.492 e. The van der Waals surface area contributed by atoms with E-state index in [1.54, 1.807) is 6.07 Å². The molecule has 0 saturated heterocycles. The van der Waals surface area contributed by atoms with Crippen LogP contribution in [0.25, 0.3) is 0 Å². The highest BCUT2D eigenvalue weighted by Crippen LogP contribution is 2.35. The summed E-state index contributed by atoms with van der Waals surface area (Å²) in [6.45, 7) is 1.76. The van der Waals surface area contributed by atoms with Crippen molar-refractivity contribution in [2.75, 3.05) is 21.0 Å². The van der Waals surface area contributed by atoms with Crippen LogP contribution >= 0.6 is 0 Å². The van der Waals surface area contributed by atoms with Crippen molar-refractivity contribution in [2.45, 2.75) is 13.3 Å². The number of Topliss-reactive ketones (excluding diaryl/α,β-unsaturated/α-hetero) is 1. The number of carbonyl (C=O) groups is 2. The van der Waals surface area contributed by atoms with Crippen molar-refractivity contribution in [3.05, 3.63) is 40.2 Å². The van der Waals surface area contributed by atoms with Crippen molar-refractivity contribution < 1.29 is 23.8 Å². The lowest BCUT2D eigenvalue weighted by Crippen LogP contribution is -2.21. The third-order valence-corrected chi connectivity index (χ3v) is 3.41. The summed E-state index contributed by atoms with van der Waals surface area (Å²) in [6.07, 6.45) is 6.86. The van der Waals surface area contributed by atoms with Gasteiger partial charge in [0.1, 0.15) is 5.75 Å². The highest BCUT2D eigenvalue weighted by atomic mass is 16.7. The predicted molar refractivity (Wildman–Crippen MR) is 80.0 cm³/mol. The Bertz CT molecular complexity index is 707. The summed E-state index contributed by atoms with van der Waals surface area (Å²) < 4.78 is 15.4. The number of hydrogen-bond donors (Lipinski definition) is 0. The van der Waals surface area contributed by atoms with Crippen LogP contribution in [0.3, 0.4) is 0 Å². The summed E-state index contributed by atoms with van der Waals surface area (Å²) >= 11 is 0. The van der Waals surface area contributed by atoms with Gasteiger partial charge in [0.05, 0.1) is 12.7 Å². The van der Waals surface area contributed by atoms with Crippen LogP contribution in [0.15, 0.2) is 17.9 Å². The lowest BCUT2D eigenvalue weighted by Gasteiger charge is -2.21. The zero-order chi connectivity index (χ0) is 16.3. The van der Waals surface area contributed by atoms with E-state index >= 15 is 0 Å². The molecule has 5 heteroatoms. The standard InChI is InChI=1S/C17H16O5/c1-5-6-11-10(2)7-12-13(18)8-14(21-4)16(19)15(12)17(11)22-9-20-3/h1,7-8H,6,9H2,2-4H3. The first-order valence-corrected chi connectivity index (χ1v) is 6.61. The monoisotopic (exact) mass is 300 g/mol. The Labute approximate surface area is 128 Å². The van der Waals surface area contributed by atoms with Crippen molar-refractivity contribution in [3.63, 3.8) is 0 Å². The molecule has 0 bridgehead atoms. The van der Waals surface area contributed by atoms with Gasteiger partial charge in [-0.05, 0) is 18.6 Å². The van der Waals surface area contributed by atoms with Gasteiger partial charge >= 0.3 is 0 Å². The third kappa shape index (κ3) is 2.61. The number of allylic oxidation sites excluding steroid dienone is 2. The predicted octanol–water partition coefficient (Wildman–Crippen LogP) is 2.06. The molecule has 0 saturated carbocycles. The molecule has 0 fully saturated rings. The third-order valence-electron chi connectivity index (χ3n) is 3.41. The zero-order valence-electron chi connectivity index (χ0n) is 12.7. The normalized spacial score (nSPS) is 13.3. The van der Waals surface area contributed by atoms with Gasteiger partial charge in [-0.2, -0.15) is 0 Å². The van der Waals surface area contributed by atoms with Gasteiger partial charge in [0.15, 0.2) is 18.3 Å². The van der Waals surface area contributed by atoms with Gasteiger partial charge in [0.25, 0.3) is 0 Å². The first-order valence-electron chi connectivity index (χ1n) is 6.61. The minimum absolute atomic E-state index is 0.0183. The van der Waals surface area contributed by atoms with Crippen LogP contribution in [0.5, 0.6) is 5.75 Å². The molecule has 0 aromatic heterocycles. The molecular formula is C17H16O5. The Morgan fingerprint density at radius 2 is 2.00 bits per heavy atom. The summed E-state index contributed by atoms with van der Waals surface area (Å²) in [7, 11) is 2.81. The summed E-state index contributed by atoms with van der Waals surface area (Å²) in [5.74, 6) is 2.10. The Hall–Kier alpha value is -2.58. The van der Waals surface area contributed by atoms with Gasteiger partial charge in [-0.25, -0.2) is 0 Å². The highest BCUT2D eigenvalue weighted by molar-refractivity contribution is 6.25. The van der Waals surface area contributed by atoms with E-state index in [1.807, 2.05) is 6.92 Å². The van der Waals surface area contributed by atoms with Gasteiger partial charge in [-0.15, -0.1) is 12.3 Å². The topological polar surface area (TPSA) is 61.8 Å². The Kier molecular flexibility index (Phi) is 4.64. The first-order chi connectivity index (χ1) is 10.5. The smallest absolute Gasteiger partial charge is 0.232 e. The maximum Gasteiger partial charge on any atom is 0.232 e. The summed E-state index contributed by atoms with van der Waals surface area (Å²) in [6, 6.07) is 1.66. The van der Waals surface area contributed by atoms with Crippen LogP contribution in [0.1, 0.15) is 31.8 Å². The van der Waals surface area contributed by atoms with Gasteiger partial charge < -0.3 is 14.2 Å². The molecule has 0 atom stereocenters. The second-order valence-corrected chi connectivity index (χ2v) is 4.76. The Morgan fingerprint density at radius 1 is 1.27 bits per heavy atom. The van der Waals surface area contributed by atoms with E-state index in [1.165, 1.54) is 20.3 Å². The largest absolute Gasteiger partial charge is 0.492 e. The van der Waals surface area contributed by atoms with Crippen molar-refractivity contribution in [3.8, 4) is 18.1 Å². The first kappa shape index (κ1) is 15.8. The number of fused-ring (bicyclic) bond motifs is 1. The van der Waals surface area contributed by atoms with E-state index in [-0.39, 0.29) is 41.6 Å². The lowest BCUT2D eigenvalue weighted by atomic mass is 9.87. The van der Waals surface area contributed by atoms with Crippen LogP contribution in [-0.4, -0.2) is 32.6 Å². The highest BCUT2D eigenvalue weighted by Gasteiger charge is 2.32. The molecule has 0 heterocycles. The molecule has 0 amide bonds. The molecule has 1 aromatic carbocycles. The molecule has 0 N–H and O–H groups in total. The van der Waals surface area contributed by atoms with Crippen LogP contribution < -0.4 is 4.74 Å². The number of terminal acetylenes is 1. The SMILES string of the molecule is C#CCc1c(C)cc2c(c1OCOC)C(=O)C(OC)=CC2=O. The molecule has 0 unspecified atom stereocenters. The lowest BCUT2D eigenvalue weighted by molar-refractivity contribution is 0.0493. The molecule has 2 rings (SSSR count). The van der Waals surface area contributed by atoms with Gasteiger partial charge in [-0.1, -0.05) is 0 Å². The fourth-order valence-corrected chi connectivity index (χ4v) is 2.38. The number of rotatable bonds is 5. The second-order valence-electron chi connectivity index (χ2n) is 4.76. The Morgan fingerprint density at radius 3 is 2.59 bits per heavy atom. The minimum atomic E-state index is -0.401. The number of ketones is 2. The van der Waals surface area contributed by atoms with E-state index in [0.717, 1.165) is 5.56 Å². The molecule has 0 radical (unpaired) electrons. The van der Waals surface area contributed by atoms with Crippen LogP contribution in [-0.2, 0) is 15.9 Å². The molecular weight excluding hydrogens is 284 g/mol. The number of ether oxygens (including phenoxy) is 3. The number of methoxy groups -OCH3 is 2. The van der Waals surface area contributed by atoms with E-state index in [4.69, 9.17) is 20.6 Å². The maximum atomic E-state index is 12.5. The van der Waals surface area contributed by atoms with Crippen molar-refractivity contribution in [2.24, 2.45) is 0 Å². The summed E-state index contributed by atoms with van der Waals surface area (Å²) in [5.41, 5.74) is 1.95. The van der Waals surface area contributed by atoms with E-state index in [2.05, 4.69) is 5.92 Å². The zero-order valence-corrected chi connectivity index (χ0v) is 12.7. The van der Waals surface area contributed by atoms with Crippen molar-refractivity contribution >= 4 is 11.6 Å². The van der Waals surface area contributed by atoms with Crippen molar-refractivity contribution in [1.82, 2.24) is 0 Å². The van der Waals surface area contributed by atoms with Gasteiger partial charge in [0.2, 0.25) is 5.78 Å². The summed E-state index contributed by atoms with van der Waals surface area (Å²) in [4.78, 5) is 24.7. The maximum absolute atomic E-state index is 12.5. The molecule has 1 aromatic rings. The number of hydrogen-bond acceptors (Lipinski definition) is 5. The van der Waals surface area contributed by atoms with E-state index in [9.17, 15) is 9.59 Å². The molecule has 1 aliphatic carbocycles.